The lowest BCUT2D eigenvalue weighted by atomic mass is 10.2. The van der Waals surface area contributed by atoms with Crippen LogP contribution in [0.5, 0.6) is 0 Å². The van der Waals surface area contributed by atoms with Gasteiger partial charge in [-0.25, -0.2) is 4.79 Å². The van der Waals surface area contributed by atoms with E-state index >= 15 is 0 Å². The molecule has 0 spiro atoms. The van der Waals surface area contributed by atoms with Crippen molar-refractivity contribution < 1.29 is 14.3 Å². The summed E-state index contributed by atoms with van der Waals surface area (Å²) >= 11 is 0. The number of ether oxygens (including phenoxy) is 1. The van der Waals surface area contributed by atoms with E-state index in [1.165, 1.54) is 0 Å². The highest BCUT2D eigenvalue weighted by molar-refractivity contribution is 5.94. The molecule has 2 aromatic rings. The van der Waals surface area contributed by atoms with Gasteiger partial charge in [0.1, 0.15) is 6.61 Å². The number of aromatic nitrogens is 2. The van der Waals surface area contributed by atoms with Crippen molar-refractivity contribution in [3.63, 3.8) is 0 Å². The fourth-order valence-corrected chi connectivity index (χ4v) is 2.69. The summed E-state index contributed by atoms with van der Waals surface area (Å²) in [5.74, 6) is -0.305. The van der Waals surface area contributed by atoms with E-state index in [9.17, 15) is 9.59 Å². The van der Waals surface area contributed by atoms with Crippen molar-refractivity contribution in [2.45, 2.75) is 0 Å². The number of hydrogen-bond acceptors (Lipinski definition) is 6. The third kappa shape index (κ3) is 4.60. The van der Waals surface area contributed by atoms with Gasteiger partial charge in [-0.1, -0.05) is 0 Å². The molecule has 0 saturated carbocycles. The van der Waals surface area contributed by atoms with Crippen LogP contribution in [-0.2, 0) is 4.74 Å². The first-order valence-electron chi connectivity index (χ1n) is 8.23. The number of pyridine rings is 2. The lowest BCUT2D eigenvalue weighted by Gasteiger charge is -2.34. The van der Waals surface area contributed by atoms with Gasteiger partial charge >= 0.3 is 5.97 Å². The van der Waals surface area contributed by atoms with Gasteiger partial charge in [0.15, 0.2) is 0 Å². The lowest BCUT2D eigenvalue weighted by molar-refractivity contribution is 0.0412. The predicted octanol–water partition coefficient (Wildman–Crippen LogP) is 1.09. The highest BCUT2D eigenvalue weighted by Crippen LogP contribution is 2.08. The molecular formula is C18H20N4O3. The molecule has 0 bridgehead atoms. The largest absolute Gasteiger partial charge is 0.461 e. The number of carbonyl (C=O) groups excluding carboxylic acids is 2. The van der Waals surface area contributed by atoms with E-state index in [1.807, 2.05) is 4.90 Å². The number of rotatable bonds is 5. The van der Waals surface area contributed by atoms with Crippen LogP contribution in [0.4, 0.5) is 0 Å². The van der Waals surface area contributed by atoms with Gasteiger partial charge in [-0.15, -0.1) is 0 Å². The molecule has 0 N–H and O–H groups in total. The maximum atomic E-state index is 12.4. The van der Waals surface area contributed by atoms with Crippen LogP contribution in [0.15, 0.2) is 49.1 Å². The summed E-state index contributed by atoms with van der Waals surface area (Å²) in [6, 6.07) is 6.72. The van der Waals surface area contributed by atoms with E-state index in [0.717, 1.165) is 13.1 Å². The summed E-state index contributed by atoms with van der Waals surface area (Å²) in [7, 11) is 0. The fraction of sp³-hybridized carbons (Fsp3) is 0.333. The van der Waals surface area contributed by atoms with Gasteiger partial charge in [0.2, 0.25) is 0 Å². The number of nitrogens with zero attached hydrogens (tertiary/aromatic N) is 4. The van der Waals surface area contributed by atoms with Crippen LogP contribution in [0.3, 0.4) is 0 Å². The zero-order valence-electron chi connectivity index (χ0n) is 13.9. The molecular weight excluding hydrogens is 320 g/mol. The minimum atomic E-state index is -0.339. The topological polar surface area (TPSA) is 75.6 Å². The third-order valence-electron chi connectivity index (χ3n) is 4.14. The monoisotopic (exact) mass is 340 g/mol. The highest BCUT2D eigenvalue weighted by Gasteiger charge is 2.22. The van der Waals surface area contributed by atoms with Gasteiger partial charge in [-0.2, -0.15) is 0 Å². The number of carbonyl (C=O) groups is 2. The Balaban J connectivity index is 1.39. The third-order valence-corrected chi connectivity index (χ3v) is 4.14. The van der Waals surface area contributed by atoms with E-state index in [4.69, 9.17) is 4.74 Å². The second-order valence-corrected chi connectivity index (χ2v) is 5.74. The average molecular weight is 340 g/mol. The number of amides is 1. The van der Waals surface area contributed by atoms with Crippen LogP contribution in [0.2, 0.25) is 0 Å². The van der Waals surface area contributed by atoms with Gasteiger partial charge in [-0.3, -0.25) is 19.7 Å². The molecule has 1 aliphatic heterocycles. The van der Waals surface area contributed by atoms with Crippen LogP contribution in [0.25, 0.3) is 0 Å². The molecule has 1 saturated heterocycles. The first-order valence-corrected chi connectivity index (χ1v) is 8.23. The molecule has 3 heterocycles. The summed E-state index contributed by atoms with van der Waals surface area (Å²) < 4.78 is 5.28. The Hall–Kier alpha value is -2.80. The summed E-state index contributed by atoms with van der Waals surface area (Å²) in [5, 5.41) is 0. The number of hydrogen-bond donors (Lipinski definition) is 0. The molecule has 2 aromatic heterocycles. The quantitative estimate of drug-likeness (QED) is 0.759. The molecule has 0 aliphatic carbocycles. The van der Waals surface area contributed by atoms with E-state index in [1.54, 1.807) is 49.1 Å². The van der Waals surface area contributed by atoms with Crippen molar-refractivity contribution in [3.05, 3.63) is 60.2 Å². The molecule has 0 aromatic carbocycles. The van der Waals surface area contributed by atoms with Gasteiger partial charge in [-0.05, 0) is 24.3 Å². The van der Waals surface area contributed by atoms with Crippen LogP contribution in [-0.4, -0.2) is 71.0 Å². The predicted molar refractivity (Wildman–Crippen MR) is 91.1 cm³/mol. The summed E-state index contributed by atoms with van der Waals surface area (Å²) in [6.45, 7) is 3.86. The molecule has 25 heavy (non-hydrogen) atoms. The minimum Gasteiger partial charge on any atom is -0.461 e. The molecule has 0 atom stereocenters. The van der Waals surface area contributed by atoms with E-state index in [2.05, 4.69) is 14.9 Å². The van der Waals surface area contributed by atoms with Crippen LogP contribution in [0, 0.1) is 0 Å². The van der Waals surface area contributed by atoms with Crippen LogP contribution < -0.4 is 0 Å². The van der Waals surface area contributed by atoms with Crippen LogP contribution in [0.1, 0.15) is 20.7 Å². The summed E-state index contributed by atoms with van der Waals surface area (Å²) in [4.78, 5) is 36.1. The Bertz CT molecular complexity index is 698. The van der Waals surface area contributed by atoms with E-state index in [-0.39, 0.29) is 11.9 Å². The SMILES string of the molecule is O=C(OCCN1CCN(C(=O)c2ccncc2)CC1)c1ccncc1. The Kier molecular flexibility index (Phi) is 5.69. The Morgan fingerprint density at radius 1 is 0.880 bits per heavy atom. The first kappa shape index (κ1) is 17.0. The van der Waals surface area contributed by atoms with Crippen molar-refractivity contribution in [1.29, 1.82) is 0 Å². The van der Waals surface area contributed by atoms with Gasteiger partial charge in [0.25, 0.3) is 5.91 Å². The molecule has 7 nitrogen and oxygen atoms in total. The standard InChI is InChI=1S/C18H20N4O3/c23-17(15-1-5-19-6-2-15)22-11-9-21(10-12-22)13-14-25-18(24)16-3-7-20-8-4-16/h1-8H,9-14H2. The molecule has 1 aliphatic rings. The average Bonchev–Trinajstić information content (AvgIpc) is 2.69. The first-order chi connectivity index (χ1) is 12.2. The normalized spacial score (nSPS) is 15.0. The minimum absolute atomic E-state index is 0.0335. The summed E-state index contributed by atoms with van der Waals surface area (Å²) in [6.07, 6.45) is 6.38. The van der Waals surface area contributed by atoms with Crippen molar-refractivity contribution in [2.75, 3.05) is 39.3 Å². The molecule has 3 rings (SSSR count). The number of esters is 1. The Labute approximate surface area is 146 Å². The lowest BCUT2D eigenvalue weighted by Crippen LogP contribution is -2.49. The summed E-state index contributed by atoms with van der Waals surface area (Å²) in [5.41, 5.74) is 1.16. The van der Waals surface area contributed by atoms with Crippen molar-refractivity contribution in [2.24, 2.45) is 0 Å². The molecule has 0 radical (unpaired) electrons. The smallest absolute Gasteiger partial charge is 0.338 e. The van der Waals surface area contributed by atoms with Gasteiger partial charge in [0.05, 0.1) is 5.56 Å². The van der Waals surface area contributed by atoms with Crippen LogP contribution >= 0.6 is 0 Å². The molecule has 7 heteroatoms. The van der Waals surface area contributed by atoms with E-state index in [0.29, 0.717) is 37.4 Å². The molecule has 0 unspecified atom stereocenters. The van der Waals surface area contributed by atoms with E-state index < -0.39 is 0 Å². The van der Waals surface area contributed by atoms with Gasteiger partial charge < -0.3 is 9.64 Å². The maximum absolute atomic E-state index is 12.4. The highest BCUT2D eigenvalue weighted by atomic mass is 16.5. The Morgan fingerprint density at radius 3 is 2.04 bits per heavy atom. The zero-order valence-corrected chi connectivity index (χ0v) is 13.9. The Morgan fingerprint density at radius 2 is 1.44 bits per heavy atom. The van der Waals surface area contributed by atoms with Crippen molar-refractivity contribution >= 4 is 11.9 Å². The molecule has 1 amide bonds. The molecule has 1 fully saturated rings. The fourth-order valence-electron chi connectivity index (χ4n) is 2.69. The van der Waals surface area contributed by atoms with Crippen molar-refractivity contribution in [3.8, 4) is 0 Å². The van der Waals surface area contributed by atoms with Gasteiger partial charge in [0, 0.05) is 63.1 Å². The zero-order chi connectivity index (χ0) is 17.5. The second kappa shape index (κ2) is 8.34. The second-order valence-electron chi connectivity index (χ2n) is 5.74. The number of piperazine rings is 1. The molecule has 130 valence electrons. The van der Waals surface area contributed by atoms with Crippen molar-refractivity contribution in [1.82, 2.24) is 19.8 Å². The maximum Gasteiger partial charge on any atom is 0.338 e.